The van der Waals surface area contributed by atoms with Crippen LogP contribution in [0.3, 0.4) is 0 Å². The summed E-state index contributed by atoms with van der Waals surface area (Å²) < 4.78 is 101. The van der Waals surface area contributed by atoms with Crippen LogP contribution in [0.2, 0.25) is 0 Å². The molecule has 0 unspecified atom stereocenters. The van der Waals surface area contributed by atoms with E-state index >= 15 is 0 Å². The second-order valence-corrected chi connectivity index (χ2v) is 7.66. The summed E-state index contributed by atoms with van der Waals surface area (Å²) in [4.78, 5) is 0. The summed E-state index contributed by atoms with van der Waals surface area (Å²) in [5.74, 6) is -9.31. The van der Waals surface area contributed by atoms with Gasteiger partial charge >= 0.3 is 6.11 Å². The fourth-order valence-corrected chi connectivity index (χ4v) is 4.07. The molecule has 0 spiro atoms. The van der Waals surface area contributed by atoms with Crippen LogP contribution in [0.4, 0.5) is 30.7 Å². The van der Waals surface area contributed by atoms with E-state index in [9.17, 15) is 30.7 Å². The Hall–Kier alpha value is -2.25. The Morgan fingerprint density at radius 2 is 1.47 bits per heavy atom. The van der Waals surface area contributed by atoms with E-state index in [4.69, 9.17) is 0 Å². The van der Waals surface area contributed by atoms with Crippen LogP contribution in [-0.2, 0) is 6.11 Å². The second-order valence-electron chi connectivity index (χ2n) is 7.66. The molecule has 0 radical (unpaired) electrons. The van der Waals surface area contributed by atoms with Crippen molar-refractivity contribution in [2.75, 3.05) is 0 Å². The monoisotopic (exact) mass is 434 g/mol. The summed E-state index contributed by atoms with van der Waals surface area (Å²) in [6.45, 7) is 2.08. The summed E-state index contributed by atoms with van der Waals surface area (Å²) in [5.41, 5.74) is -1.38. The van der Waals surface area contributed by atoms with Gasteiger partial charge in [-0.25, -0.2) is 22.0 Å². The SMILES string of the molecule is CCCC1CCC(c2ccc(C(F)(F)Oc3cc(F)c(F)c(F)c3)c(F)c2F)CC1. The molecule has 1 aliphatic carbocycles. The van der Waals surface area contributed by atoms with Gasteiger partial charge in [-0.3, -0.25) is 0 Å². The topological polar surface area (TPSA) is 9.23 Å². The zero-order chi connectivity index (χ0) is 22.1. The minimum Gasteiger partial charge on any atom is -0.429 e. The van der Waals surface area contributed by atoms with Crippen LogP contribution in [-0.4, -0.2) is 0 Å². The Balaban J connectivity index is 1.82. The molecule has 0 saturated heterocycles. The first-order valence-electron chi connectivity index (χ1n) is 9.83. The third-order valence-electron chi connectivity index (χ3n) is 5.61. The molecule has 1 saturated carbocycles. The maximum absolute atomic E-state index is 14.6. The predicted octanol–water partition coefficient (Wildman–Crippen LogP) is 7.58. The lowest BCUT2D eigenvalue weighted by Crippen LogP contribution is -2.25. The summed E-state index contributed by atoms with van der Waals surface area (Å²) in [7, 11) is 0. The Morgan fingerprint density at radius 1 is 0.867 bits per heavy atom. The molecule has 1 aliphatic rings. The Morgan fingerprint density at radius 3 is 2.03 bits per heavy atom. The van der Waals surface area contributed by atoms with Gasteiger partial charge in [0.15, 0.2) is 29.1 Å². The van der Waals surface area contributed by atoms with Gasteiger partial charge in [0.1, 0.15) is 11.3 Å². The molecule has 0 N–H and O–H groups in total. The van der Waals surface area contributed by atoms with Gasteiger partial charge in [0, 0.05) is 12.1 Å². The molecule has 30 heavy (non-hydrogen) atoms. The van der Waals surface area contributed by atoms with Crippen molar-refractivity contribution in [1.82, 2.24) is 0 Å². The number of rotatable bonds is 6. The first kappa shape index (κ1) is 22.4. The molecule has 0 amide bonds. The molecule has 3 rings (SSSR count). The van der Waals surface area contributed by atoms with Gasteiger partial charge in [-0.05, 0) is 49.1 Å². The highest BCUT2D eigenvalue weighted by atomic mass is 19.3. The fraction of sp³-hybridized carbons (Fsp3) is 0.455. The molecule has 0 heterocycles. The standard InChI is InChI=1S/C22H21F7O/c1-2-3-12-4-6-13(7-5-12)15-8-9-16(20(26)19(15)25)22(28,29)30-14-10-17(23)21(27)18(24)11-14/h8-13H,2-7H2,1H3. The van der Waals surface area contributed by atoms with E-state index < -0.39 is 46.5 Å². The average molecular weight is 434 g/mol. The number of hydrogen-bond donors (Lipinski definition) is 0. The number of benzene rings is 2. The van der Waals surface area contributed by atoms with E-state index in [1.807, 2.05) is 0 Å². The molecule has 2 aromatic carbocycles. The highest BCUT2D eigenvalue weighted by Crippen LogP contribution is 2.41. The smallest absolute Gasteiger partial charge is 0.429 e. The molecule has 0 aliphatic heterocycles. The van der Waals surface area contributed by atoms with E-state index in [1.54, 1.807) is 0 Å². The Labute approximate surface area is 169 Å². The largest absolute Gasteiger partial charge is 0.429 e. The molecular weight excluding hydrogens is 413 g/mol. The first-order chi connectivity index (χ1) is 14.1. The van der Waals surface area contributed by atoms with E-state index in [-0.39, 0.29) is 23.6 Å². The van der Waals surface area contributed by atoms with Gasteiger partial charge in [-0.1, -0.05) is 25.8 Å². The molecule has 1 nitrogen and oxygen atoms in total. The highest BCUT2D eigenvalue weighted by molar-refractivity contribution is 5.33. The zero-order valence-electron chi connectivity index (χ0n) is 16.3. The van der Waals surface area contributed by atoms with Crippen molar-refractivity contribution in [1.29, 1.82) is 0 Å². The van der Waals surface area contributed by atoms with Crippen LogP contribution in [0, 0.1) is 35.0 Å². The lowest BCUT2D eigenvalue weighted by atomic mass is 9.77. The molecule has 0 aromatic heterocycles. The molecule has 0 atom stereocenters. The predicted molar refractivity (Wildman–Crippen MR) is 96.8 cm³/mol. The molecule has 1 fully saturated rings. The van der Waals surface area contributed by atoms with Crippen LogP contribution < -0.4 is 4.74 Å². The fourth-order valence-electron chi connectivity index (χ4n) is 4.07. The highest BCUT2D eigenvalue weighted by Gasteiger charge is 2.40. The maximum atomic E-state index is 14.6. The normalized spacial score (nSPS) is 19.7. The van der Waals surface area contributed by atoms with E-state index in [1.165, 1.54) is 0 Å². The van der Waals surface area contributed by atoms with Crippen LogP contribution in [0.5, 0.6) is 5.75 Å². The lowest BCUT2D eigenvalue weighted by molar-refractivity contribution is -0.188. The minimum atomic E-state index is -4.43. The van der Waals surface area contributed by atoms with E-state index in [2.05, 4.69) is 11.7 Å². The van der Waals surface area contributed by atoms with E-state index in [0.29, 0.717) is 24.8 Å². The van der Waals surface area contributed by atoms with Gasteiger partial charge in [-0.2, -0.15) is 8.78 Å². The van der Waals surface area contributed by atoms with Crippen LogP contribution >= 0.6 is 0 Å². The Kier molecular flexibility index (Phi) is 6.62. The van der Waals surface area contributed by atoms with Crippen LogP contribution in [0.15, 0.2) is 24.3 Å². The number of halogens is 7. The van der Waals surface area contributed by atoms with Crippen molar-refractivity contribution >= 4 is 0 Å². The quantitative estimate of drug-likeness (QED) is 0.336. The zero-order valence-corrected chi connectivity index (χ0v) is 16.3. The number of ether oxygens (including phenoxy) is 1. The lowest BCUT2D eigenvalue weighted by Gasteiger charge is -2.29. The van der Waals surface area contributed by atoms with Crippen LogP contribution in [0.25, 0.3) is 0 Å². The van der Waals surface area contributed by atoms with Gasteiger partial charge < -0.3 is 4.74 Å². The molecule has 8 heteroatoms. The Bertz CT molecular complexity index is 882. The average Bonchev–Trinajstić information content (AvgIpc) is 2.68. The minimum absolute atomic E-state index is 0.0286. The summed E-state index contributed by atoms with van der Waals surface area (Å²) >= 11 is 0. The number of hydrogen-bond acceptors (Lipinski definition) is 1. The van der Waals surface area contributed by atoms with E-state index in [0.717, 1.165) is 31.7 Å². The second kappa shape index (κ2) is 8.86. The molecule has 2 aromatic rings. The van der Waals surface area contributed by atoms with Gasteiger partial charge in [0.25, 0.3) is 0 Å². The summed E-state index contributed by atoms with van der Waals surface area (Å²) in [6.07, 6.45) is 0.687. The summed E-state index contributed by atoms with van der Waals surface area (Å²) in [6, 6.07) is 2.21. The molecule has 164 valence electrons. The van der Waals surface area contributed by atoms with Crippen molar-refractivity contribution in [3.05, 3.63) is 64.5 Å². The molecule has 0 bridgehead atoms. The van der Waals surface area contributed by atoms with Crippen molar-refractivity contribution in [3.8, 4) is 5.75 Å². The van der Waals surface area contributed by atoms with Gasteiger partial charge in [0.05, 0.1) is 0 Å². The number of alkyl halides is 2. The molecular formula is C22H21F7O. The first-order valence-corrected chi connectivity index (χ1v) is 9.83. The van der Waals surface area contributed by atoms with Crippen molar-refractivity contribution in [2.24, 2.45) is 5.92 Å². The van der Waals surface area contributed by atoms with Gasteiger partial charge in [0.2, 0.25) is 0 Å². The van der Waals surface area contributed by atoms with Crippen molar-refractivity contribution in [3.63, 3.8) is 0 Å². The summed E-state index contributed by atoms with van der Waals surface area (Å²) in [5, 5.41) is 0. The van der Waals surface area contributed by atoms with Crippen molar-refractivity contribution < 1.29 is 35.5 Å². The van der Waals surface area contributed by atoms with Crippen molar-refractivity contribution in [2.45, 2.75) is 57.5 Å². The maximum Gasteiger partial charge on any atom is 0.429 e. The van der Waals surface area contributed by atoms with Gasteiger partial charge in [-0.15, -0.1) is 0 Å². The van der Waals surface area contributed by atoms with Crippen LogP contribution in [0.1, 0.15) is 62.5 Å². The third-order valence-corrected chi connectivity index (χ3v) is 5.61. The third kappa shape index (κ3) is 4.57.